The second-order valence-electron chi connectivity index (χ2n) is 9.93. The highest BCUT2D eigenvalue weighted by atomic mass is 32.2. The Kier molecular flexibility index (Phi) is 8.45. The lowest BCUT2D eigenvalue weighted by atomic mass is 9.87. The number of hydrogen-bond acceptors (Lipinski definition) is 5. The van der Waals surface area contributed by atoms with Crippen LogP contribution in [0.1, 0.15) is 46.5 Å². The number of carbonyl (C=O) groups is 1. The molecule has 0 aliphatic rings. The average Bonchev–Trinajstić information content (AvgIpc) is 2.91. The Morgan fingerprint density at radius 1 is 0.816 bits per heavy atom. The van der Waals surface area contributed by atoms with Crippen LogP contribution in [0.25, 0.3) is 0 Å². The van der Waals surface area contributed by atoms with E-state index in [1.165, 1.54) is 17.2 Å². The van der Waals surface area contributed by atoms with Crippen molar-refractivity contribution in [2.45, 2.75) is 37.3 Å². The van der Waals surface area contributed by atoms with Gasteiger partial charge in [0.15, 0.2) is 15.6 Å². The van der Waals surface area contributed by atoms with E-state index in [0.717, 1.165) is 23.8 Å². The Hall–Kier alpha value is -3.74. The quantitative estimate of drug-likeness (QED) is 0.243. The zero-order chi connectivity index (χ0) is 27.2. The fraction of sp³-hybridized carbons (Fsp3) is 0.219. The van der Waals surface area contributed by atoms with Crippen LogP contribution >= 0.6 is 0 Å². The van der Waals surface area contributed by atoms with Gasteiger partial charge in [0.05, 0.1) is 6.54 Å². The maximum atomic E-state index is 13.2. The molecule has 0 bridgehead atoms. The van der Waals surface area contributed by atoms with Gasteiger partial charge in [-0.1, -0.05) is 84.9 Å². The van der Waals surface area contributed by atoms with Gasteiger partial charge in [-0.2, -0.15) is 0 Å². The minimum Gasteiger partial charge on any atom is -0.488 e. The summed E-state index contributed by atoms with van der Waals surface area (Å²) in [6.07, 6.45) is 1.91. The minimum atomic E-state index is -3.61. The summed E-state index contributed by atoms with van der Waals surface area (Å²) in [5.74, 6) is 0.0363. The topological polar surface area (TPSA) is 72.5 Å². The van der Waals surface area contributed by atoms with Crippen molar-refractivity contribution in [1.29, 1.82) is 0 Å². The van der Waals surface area contributed by atoms with E-state index in [-0.39, 0.29) is 29.6 Å². The second-order valence-corrected chi connectivity index (χ2v) is 11.9. The first-order valence-electron chi connectivity index (χ1n) is 12.5. The van der Waals surface area contributed by atoms with E-state index in [2.05, 4.69) is 29.6 Å². The van der Waals surface area contributed by atoms with E-state index in [4.69, 9.17) is 4.74 Å². The molecule has 0 unspecified atom stereocenters. The molecule has 0 spiro atoms. The number of benzene rings is 4. The third-order valence-corrected chi connectivity index (χ3v) is 7.64. The van der Waals surface area contributed by atoms with Crippen LogP contribution in [0.4, 0.5) is 0 Å². The molecule has 38 heavy (non-hydrogen) atoms. The SMILES string of the molecule is CC(C)(NCC(=O)c1ccc(OCc2ccccc2)c(S(C)(=O)=O)c1)c1ccccc1Cc1ccccc1. The zero-order valence-corrected chi connectivity index (χ0v) is 22.8. The minimum absolute atomic E-state index is 0.00625. The highest BCUT2D eigenvalue weighted by Crippen LogP contribution is 2.28. The fourth-order valence-electron chi connectivity index (χ4n) is 4.42. The number of Topliss-reactive ketones (excluding diaryl/α,β-unsaturated/α-hetero) is 1. The maximum absolute atomic E-state index is 13.2. The molecule has 6 heteroatoms. The summed E-state index contributed by atoms with van der Waals surface area (Å²) in [4.78, 5) is 13.2. The molecule has 0 radical (unpaired) electrons. The molecule has 0 amide bonds. The van der Waals surface area contributed by atoms with E-state index in [9.17, 15) is 13.2 Å². The van der Waals surface area contributed by atoms with Crippen LogP contribution in [-0.2, 0) is 28.4 Å². The van der Waals surface area contributed by atoms with Crippen molar-refractivity contribution < 1.29 is 17.9 Å². The van der Waals surface area contributed by atoms with Gasteiger partial charge in [0.2, 0.25) is 0 Å². The van der Waals surface area contributed by atoms with Crippen molar-refractivity contribution in [1.82, 2.24) is 5.32 Å². The van der Waals surface area contributed by atoms with Gasteiger partial charge in [0.25, 0.3) is 0 Å². The highest BCUT2D eigenvalue weighted by molar-refractivity contribution is 7.90. The summed E-state index contributed by atoms with van der Waals surface area (Å²) >= 11 is 0. The van der Waals surface area contributed by atoms with Crippen LogP contribution in [0.15, 0.2) is 108 Å². The normalized spacial score (nSPS) is 11.8. The summed E-state index contributed by atoms with van der Waals surface area (Å²) in [6.45, 7) is 4.38. The molecule has 0 fully saturated rings. The van der Waals surface area contributed by atoms with Crippen LogP contribution in [0.5, 0.6) is 5.75 Å². The molecule has 0 heterocycles. The van der Waals surface area contributed by atoms with Crippen molar-refractivity contribution in [3.05, 3.63) is 131 Å². The molecule has 5 nitrogen and oxygen atoms in total. The first-order valence-corrected chi connectivity index (χ1v) is 14.4. The van der Waals surface area contributed by atoms with Crippen molar-refractivity contribution in [2.75, 3.05) is 12.8 Å². The molecule has 1 N–H and O–H groups in total. The van der Waals surface area contributed by atoms with Crippen LogP contribution in [0.2, 0.25) is 0 Å². The average molecular weight is 528 g/mol. The summed E-state index contributed by atoms with van der Waals surface area (Å²) < 4.78 is 30.9. The van der Waals surface area contributed by atoms with E-state index in [1.54, 1.807) is 12.1 Å². The van der Waals surface area contributed by atoms with E-state index in [0.29, 0.717) is 5.56 Å². The van der Waals surface area contributed by atoms with E-state index < -0.39 is 15.4 Å². The molecule has 4 aromatic carbocycles. The maximum Gasteiger partial charge on any atom is 0.179 e. The van der Waals surface area contributed by atoms with Gasteiger partial charge >= 0.3 is 0 Å². The third kappa shape index (κ3) is 6.97. The van der Waals surface area contributed by atoms with Crippen molar-refractivity contribution in [3.8, 4) is 5.75 Å². The standard InChI is InChI=1S/C32H33NO4S/c1-32(2,28-17-11-10-16-26(28)20-24-12-6-4-7-13-24)33-22-29(34)27-18-19-30(31(21-27)38(3,35)36)37-23-25-14-8-5-9-15-25/h4-19,21,33H,20,22-23H2,1-3H3. The van der Waals surface area contributed by atoms with Crippen molar-refractivity contribution >= 4 is 15.6 Å². The smallest absolute Gasteiger partial charge is 0.179 e. The molecule has 0 aliphatic heterocycles. The fourth-order valence-corrected chi connectivity index (χ4v) is 5.26. The van der Waals surface area contributed by atoms with Gasteiger partial charge in [0, 0.05) is 17.4 Å². The molecule has 0 saturated heterocycles. The van der Waals surface area contributed by atoms with Crippen LogP contribution < -0.4 is 10.1 Å². The molecule has 4 rings (SSSR count). The Balaban J connectivity index is 1.49. The molecule has 0 saturated carbocycles. The number of ketones is 1. The van der Waals surface area contributed by atoms with Gasteiger partial charge in [-0.05, 0) is 60.7 Å². The Morgan fingerprint density at radius 2 is 1.42 bits per heavy atom. The first kappa shape index (κ1) is 27.3. The van der Waals surface area contributed by atoms with Crippen LogP contribution in [0, 0.1) is 0 Å². The Morgan fingerprint density at radius 3 is 2.08 bits per heavy atom. The summed E-state index contributed by atoms with van der Waals surface area (Å²) in [6, 6.07) is 32.6. The number of sulfone groups is 1. The number of hydrogen-bond donors (Lipinski definition) is 1. The second kappa shape index (κ2) is 11.8. The third-order valence-electron chi connectivity index (χ3n) is 6.52. The molecule has 0 atom stereocenters. The zero-order valence-electron chi connectivity index (χ0n) is 22.0. The number of carbonyl (C=O) groups excluding carboxylic acids is 1. The van der Waals surface area contributed by atoms with Crippen molar-refractivity contribution in [3.63, 3.8) is 0 Å². The van der Waals surface area contributed by atoms with Gasteiger partial charge in [-0.3, -0.25) is 4.79 Å². The lowest BCUT2D eigenvalue weighted by Crippen LogP contribution is -2.40. The van der Waals surface area contributed by atoms with Crippen molar-refractivity contribution in [2.24, 2.45) is 0 Å². The Labute approximate surface area is 225 Å². The van der Waals surface area contributed by atoms with Gasteiger partial charge in [-0.15, -0.1) is 0 Å². The Bertz CT molecular complexity index is 1500. The predicted molar refractivity (Wildman–Crippen MR) is 151 cm³/mol. The first-order chi connectivity index (χ1) is 18.1. The van der Waals surface area contributed by atoms with E-state index >= 15 is 0 Å². The summed E-state index contributed by atoms with van der Waals surface area (Å²) in [5, 5.41) is 3.39. The molecular formula is C32H33NO4S. The number of nitrogens with one attached hydrogen (secondary N) is 1. The number of rotatable bonds is 11. The summed E-state index contributed by atoms with van der Waals surface area (Å²) in [7, 11) is -3.61. The van der Waals surface area contributed by atoms with Gasteiger partial charge < -0.3 is 10.1 Å². The summed E-state index contributed by atoms with van der Waals surface area (Å²) in [5.41, 5.74) is 4.26. The van der Waals surface area contributed by atoms with Crippen LogP contribution in [-0.4, -0.2) is 27.0 Å². The molecule has 0 aliphatic carbocycles. The number of ether oxygens (including phenoxy) is 1. The van der Waals surface area contributed by atoms with Crippen LogP contribution in [0.3, 0.4) is 0 Å². The highest BCUT2D eigenvalue weighted by Gasteiger charge is 2.25. The monoisotopic (exact) mass is 527 g/mol. The molecular weight excluding hydrogens is 494 g/mol. The van der Waals surface area contributed by atoms with Gasteiger partial charge in [0.1, 0.15) is 17.3 Å². The lowest BCUT2D eigenvalue weighted by Gasteiger charge is -2.29. The lowest BCUT2D eigenvalue weighted by molar-refractivity contribution is 0.0980. The molecule has 4 aromatic rings. The molecule has 0 aromatic heterocycles. The predicted octanol–water partition coefficient (Wildman–Crippen LogP) is 5.97. The largest absolute Gasteiger partial charge is 0.488 e. The molecule has 196 valence electrons. The van der Waals surface area contributed by atoms with Gasteiger partial charge in [-0.25, -0.2) is 8.42 Å². The van der Waals surface area contributed by atoms with E-state index in [1.807, 2.05) is 74.5 Å².